The van der Waals surface area contributed by atoms with E-state index in [0.29, 0.717) is 11.1 Å². The van der Waals surface area contributed by atoms with Crippen molar-refractivity contribution in [3.8, 4) is 6.07 Å². The van der Waals surface area contributed by atoms with Gasteiger partial charge in [-0.15, -0.1) is 22.7 Å². The fourth-order valence-corrected chi connectivity index (χ4v) is 7.76. The van der Waals surface area contributed by atoms with Gasteiger partial charge in [0.1, 0.15) is 34.9 Å². The first kappa shape index (κ1) is 86.9. The molecule has 7 aromatic carbocycles. The minimum Gasteiger partial charge on any atom is -0.381 e. The van der Waals surface area contributed by atoms with Crippen LogP contribution in [0.2, 0.25) is 10.0 Å². The lowest BCUT2D eigenvalue weighted by atomic mass is 10.0. The van der Waals surface area contributed by atoms with Gasteiger partial charge in [-0.3, -0.25) is 19.9 Å². The molecule has 1 aliphatic heterocycles. The summed E-state index contributed by atoms with van der Waals surface area (Å²) in [6.45, 7) is 27.4. The number of pyridine rings is 1. The lowest BCUT2D eigenvalue weighted by Crippen LogP contribution is -2.12. The standard InChI is InChI=1S/C8H7N.C7H6ClF.C7H7Cl.C7H6F2.2C7H7F.C7H8.C6H7N.C6H12O.2C5H6N2.C5H6S.C4H5NS/c1-7-2-4-8(6-9)5-3-7;1-5-2-3-6(8)7(9)4-5;1-6-2-4-7(8)5-3-6;1-5-2-3-6(8)4-7(5)9;1-6-2-4-7(8)5-3-6;1-6-4-2-3-5-7(6)8;1-7-5-3-2-4-6-7;2*1-6-2-4-7-5-3-6;1-5-4-6-2-3-7-5;1-5-6-3-2-4-7-5;1-5-3-2-4-6-5;1-4-2-5-3-6-4/h2-5H,1H3;2-4H,1H3;2-5H,1H3;2-4H,1H3;2*2-5H,1H3;2-6H,1H3;2-5H,1H3;6H,2-5H2,1H3;2*2-4H,1H3;2-4H,1H3;2-3H,1H3. The number of hydrogen-bond acceptors (Lipinski definition) is 10. The zero-order valence-electron chi connectivity index (χ0n) is 58.2. The maximum Gasteiger partial charge on any atom is 0.142 e. The van der Waals surface area contributed by atoms with E-state index in [4.69, 9.17) is 33.2 Å². The van der Waals surface area contributed by atoms with Gasteiger partial charge in [0.2, 0.25) is 0 Å². The summed E-state index contributed by atoms with van der Waals surface area (Å²) in [7, 11) is 0. The quantitative estimate of drug-likeness (QED) is 0.138. The highest BCUT2D eigenvalue weighted by molar-refractivity contribution is 7.10. The van der Waals surface area contributed by atoms with E-state index in [9.17, 15) is 22.0 Å². The number of nitriles is 1. The number of thiazole rings is 1. The highest BCUT2D eigenvalue weighted by atomic mass is 35.5. The summed E-state index contributed by atoms with van der Waals surface area (Å²) in [5.74, 6) is 0.0594. The number of rotatable bonds is 0. The number of hydrogen-bond donors (Lipinski definition) is 0. The van der Waals surface area contributed by atoms with Gasteiger partial charge in [-0.05, 0) is 214 Å². The van der Waals surface area contributed by atoms with Crippen LogP contribution in [0.1, 0.15) is 91.1 Å². The van der Waals surface area contributed by atoms with Gasteiger partial charge in [-0.25, -0.2) is 31.9 Å². The minimum absolute atomic E-state index is 0.132. The number of aryl methyl sites for hydroxylation is 12. The van der Waals surface area contributed by atoms with E-state index in [1.807, 2.05) is 152 Å². The average molecular weight is 1410 g/mol. The van der Waals surface area contributed by atoms with E-state index < -0.39 is 11.6 Å². The monoisotopic (exact) mass is 1410 g/mol. The molecule has 13 rings (SSSR count). The van der Waals surface area contributed by atoms with E-state index in [1.165, 1.54) is 81.2 Å². The second-order valence-electron chi connectivity index (χ2n) is 21.6. The predicted octanol–water partition coefficient (Wildman–Crippen LogP) is 23.7. The van der Waals surface area contributed by atoms with Crippen LogP contribution in [0.25, 0.3) is 0 Å². The molecule has 1 aliphatic rings. The first-order valence-corrected chi connectivity index (χ1v) is 33.6. The summed E-state index contributed by atoms with van der Waals surface area (Å²) in [5, 5.41) is 11.4. The van der Waals surface area contributed by atoms with E-state index in [1.54, 1.807) is 122 Å². The molecule has 6 heterocycles. The van der Waals surface area contributed by atoms with Crippen molar-refractivity contribution in [2.75, 3.05) is 13.2 Å². The second kappa shape index (κ2) is 54.9. The molecule has 0 radical (unpaired) electrons. The molecular weight excluding hydrogens is 1320 g/mol. The van der Waals surface area contributed by atoms with Crippen molar-refractivity contribution in [2.45, 2.75) is 103 Å². The molecule has 0 unspecified atom stereocenters. The fraction of sp³-hybridized carbons (Fsp3) is 0.222. The summed E-state index contributed by atoms with van der Waals surface area (Å²) in [5.41, 5.74) is 11.7. The molecule has 516 valence electrons. The smallest absolute Gasteiger partial charge is 0.142 e. The summed E-state index contributed by atoms with van der Waals surface area (Å²) in [4.78, 5) is 25.8. The normalized spacial score (nSPS) is 10.2. The number of nitrogens with zero attached hydrogens (tertiary/aromatic N) is 7. The fourth-order valence-electron chi connectivity index (χ4n) is 6.58. The summed E-state index contributed by atoms with van der Waals surface area (Å²) >= 11 is 14.5. The highest BCUT2D eigenvalue weighted by Gasteiger charge is 2.06. The van der Waals surface area contributed by atoms with E-state index in [2.05, 4.69) is 86.4 Å². The van der Waals surface area contributed by atoms with Crippen LogP contribution in [0.4, 0.5) is 22.0 Å². The van der Waals surface area contributed by atoms with Crippen LogP contribution in [0, 0.1) is 129 Å². The SMILES string of the molecule is CC1CCOCC1.Cc1ccc(C#N)cc1.Cc1ccc(Cl)c(F)c1.Cc1ccc(Cl)cc1.Cc1ccc(F)cc1.Cc1ccc(F)cc1F.Cc1ccccc1.Cc1ccccc1F.Cc1cccs1.Cc1ccncc1.Cc1cnccn1.Cc1cncs1.Cc1ncccn1. The second-order valence-corrected chi connectivity index (χ2v) is 24.7. The Morgan fingerprint density at radius 3 is 1.28 bits per heavy atom. The molecular formula is C81H90Cl2F5N7OS2. The third kappa shape index (κ3) is 49.4. The Morgan fingerprint density at radius 2 is 0.959 bits per heavy atom. The number of ether oxygens (including phenoxy) is 1. The Balaban J connectivity index is 0.000000532. The molecule has 0 bridgehead atoms. The van der Waals surface area contributed by atoms with Crippen LogP contribution >= 0.6 is 45.9 Å². The van der Waals surface area contributed by atoms with E-state index in [0.717, 1.165) is 58.4 Å². The van der Waals surface area contributed by atoms with Gasteiger partial charge in [0.15, 0.2) is 0 Å². The molecule has 0 aliphatic carbocycles. The maximum absolute atomic E-state index is 12.4. The van der Waals surface area contributed by atoms with Gasteiger partial charge in [0, 0.05) is 83.6 Å². The van der Waals surface area contributed by atoms with Crippen molar-refractivity contribution in [3.05, 3.63) is 365 Å². The predicted molar refractivity (Wildman–Crippen MR) is 400 cm³/mol. The Bertz CT molecular complexity index is 3560. The summed E-state index contributed by atoms with van der Waals surface area (Å²) < 4.78 is 66.4. The van der Waals surface area contributed by atoms with E-state index >= 15 is 0 Å². The largest absolute Gasteiger partial charge is 0.381 e. The minimum atomic E-state index is -0.530. The number of aromatic nitrogens is 6. The lowest BCUT2D eigenvalue weighted by molar-refractivity contribution is 0.0716. The Hall–Kier alpha value is -9.14. The van der Waals surface area contributed by atoms with Gasteiger partial charge < -0.3 is 4.74 Å². The maximum atomic E-state index is 12.4. The average Bonchev–Trinajstić information content (AvgIpc) is 1.37. The van der Waals surface area contributed by atoms with Crippen LogP contribution in [0.5, 0.6) is 0 Å². The molecule has 0 saturated carbocycles. The molecule has 12 aromatic rings. The molecule has 5 aromatic heterocycles. The zero-order chi connectivity index (χ0) is 72.7. The summed E-state index contributed by atoms with van der Waals surface area (Å²) in [6.07, 6.45) is 16.5. The number of benzene rings is 7. The molecule has 1 fully saturated rings. The third-order valence-corrected chi connectivity index (χ3v) is 14.5. The van der Waals surface area contributed by atoms with Crippen molar-refractivity contribution >= 4 is 45.9 Å². The molecule has 1 saturated heterocycles. The number of halogens is 7. The van der Waals surface area contributed by atoms with Crippen LogP contribution in [-0.2, 0) is 4.74 Å². The van der Waals surface area contributed by atoms with Gasteiger partial charge in [0.05, 0.1) is 27.9 Å². The van der Waals surface area contributed by atoms with Crippen molar-refractivity contribution in [1.29, 1.82) is 5.26 Å². The molecule has 0 N–H and O–H groups in total. The zero-order valence-corrected chi connectivity index (χ0v) is 61.3. The first-order chi connectivity index (χ1) is 46.9. The van der Waals surface area contributed by atoms with Crippen molar-refractivity contribution in [3.63, 3.8) is 0 Å². The topological polar surface area (TPSA) is 110 Å². The van der Waals surface area contributed by atoms with Crippen molar-refractivity contribution < 1.29 is 26.7 Å². The molecule has 98 heavy (non-hydrogen) atoms. The van der Waals surface area contributed by atoms with Crippen molar-refractivity contribution in [2.24, 2.45) is 5.92 Å². The first-order valence-electron chi connectivity index (χ1n) is 31.1. The Morgan fingerprint density at radius 1 is 0.429 bits per heavy atom. The number of thiophene rings is 1. The van der Waals surface area contributed by atoms with Crippen LogP contribution < -0.4 is 0 Å². The Kier molecular flexibility index (Phi) is 48.7. The molecule has 0 spiro atoms. The molecule has 0 amide bonds. The molecule has 17 heteroatoms. The molecule has 8 nitrogen and oxygen atoms in total. The molecule has 0 atom stereocenters. The highest BCUT2D eigenvalue weighted by Crippen LogP contribution is 2.15. The third-order valence-electron chi connectivity index (χ3n) is 12.4. The van der Waals surface area contributed by atoms with Gasteiger partial charge in [-0.2, -0.15) is 5.26 Å². The summed E-state index contributed by atoms with van der Waals surface area (Å²) in [6, 6.07) is 58.8. The van der Waals surface area contributed by atoms with Crippen molar-refractivity contribution in [1.82, 2.24) is 29.9 Å². The van der Waals surface area contributed by atoms with Gasteiger partial charge in [0.25, 0.3) is 0 Å². The van der Waals surface area contributed by atoms with E-state index in [-0.39, 0.29) is 22.5 Å². The van der Waals surface area contributed by atoms with Crippen LogP contribution in [-0.4, -0.2) is 43.1 Å². The lowest BCUT2D eigenvalue weighted by Gasteiger charge is -2.16. The van der Waals surface area contributed by atoms with Gasteiger partial charge in [-0.1, -0.05) is 156 Å². The Labute approximate surface area is 597 Å². The van der Waals surface area contributed by atoms with Gasteiger partial charge >= 0.3 is 0 Å². The van der Waals surface area contributed by atoms with Crippen LogP contribution in [0.3, 0.4) is 0 Å². The van der Waals surface area contributed by atoms with Crippen LogP contribution in [0.15, 0.2) is 255 Å².